The average Bonchev–Trinajstić information content (AvgIpc) is 2.53. The molecule has 3 nitrogen and oxygen atoms in total. The van der Waals surface area contributed by atoms with Crippen LogP contribution in [-0.4, -0.2) is 21.3 Å². The smallest absolute Gasteiger partial charge is 0.122 e. The molecule has 0 bridgehead atoms. The molecule has 0 amide bonds. The number of hydrogen-bond donors (Lipinski definition) is 0. The zero-order valence-electron chi connectivity index (χ0n) is 12.6. The summed E-state index contributed by atoms with van der Waals surface area (Å²) in [5.74, 6) is 2.44. The summed E-state index contributed by atoms with van der Waals surface area (Å²) < 4.78 is 15.9. The van der Waals surface area contributed by atoms with Crippen LogP contribution in [0.1, 0.15) is 21.5 Å². The number of alkyl halides is 1. The minimum absolute atomic E-state index is 0.0612. The normalized spacial score (nSPS) is 11.9. The largest absolute Gasteiger partial charge is 0.497 e. The van der Waals surface area contributed by atoms with E-state index in [1.807, 2.05) is 31.2 Å². The Balaban J connectivity index is 2.39. The lowest BCUT2D eigenvalue weighted by Crippen LogP contribution is -1.97. The molecule has 0 aliphatic rings. The first kappa shape index (κ1) is 15.7. The number of hydrogen-bond acceptors (Lipinski definition) is 3. The summed E-state index contributed by atoms with van der Waals surface area (Å²) in [5, 5.41) is 0. The molecule has 1 atom stereocenters. The first-order valence-corrected chi connectivity index (χ1v) is 7.52. The predicted octanol–water partition coefficient (Wildman–Crippen LogP) is 4.51. The Morgan fingerprint density at radius 2 is 1.43 bits per heavy atom. The number of methoxy groups -OCH3 is 3. The van der Waals surface area contributed by atoms with Gasteiger partial charge in [-0.15, -0.1) is 0 Å². The van der Waals surface area contributed by atoms with E-state index in [0.29, 0.717) is 0 Å². The lowest BCUT2D eigenvalue weighted by atomic mass is 10.0. The fraction of sp³-hybridized carbons (Fsp3) is 0.294. The molecule has 112 valence electrons. The molecular weight excluding hydrogens is 332 g/mol. The molecule has 0 radical (unpaired) electrons. The van der Waals surface area contributed by atoms with Crippen LogP contribution >= 0.6 is 15.9 Å². The van der Waals surface area contributed by atoms with E-state index in [9.17, 15) is 0 Å². The molecule has 0 N–H and O–H groups in total. The number of benzene rings is 2. The van der Waals surface area contributed by atoms with E-state index in [-0.39, 0.29) is 4.83 Å². The third-order valence-electron chi connectivity index (χ3n) is 3.38. The maximum atomic E-state index is 5.32. The van der Waals surface area contributed by atoms with E-state index in [4.69, 9.17) is 14.2 Å². The van der Waals surface area contributed by atoms with Gasteiger partial charge in [0.15, 0.2) is 0 Å². The molecule has 21 heavy (non-hydrogen) atoms. The van der Waals surface area contributed by atoms with E-state index < -0.39 is 0 Å². The number of aryl methyl sites for hydroxylation is 1. The van der Waals surface area contributed by atoms with Gasteiger partial charge in [0.05, 0.1) is 26.2 Å². The van der Waals surface area contributed by atoms with Gasteiger partial charge in [0.25, 0.3) is 0 Å². The summed E-state index contributed by atoms with van der Waals surface area (Å²) in [4.78, 5) is 0.0612. The monoisotopic (exact) mass is 350 g/mol. The Kier molecular flexibility index (Phi) is 5.12. The van der Waals surface area contributed by atoms with E-state index in [2.05, 4.69) is 28.1 Å². The molecule has 0 aliphatic carbocycles. The van der Waals surface area contributed by atoms with Crippen molar-refractivity contribution < 1.29 is 14.2 Å². The van der Waals surface area contributed by atoms with Crippen molar-refractivity contribution >= 4 is 15.9 Å². The highest BCUT2D eigenvalue weighted by Crippen LogP contribution is 2.36. The number of ether oxygens (including phenoxy) is 3. The fourth-order valence-corrected chi connectivity index (χ4v) is 2.78. The van der Waals surface area contributed by atoms with E-state index >= 15 is 0 Å². The van der Waals surface area contributed by atoms with Crippen LogP contribution in [0.4, 0.5) is 0 Å². The third-order valence-corrected chi connectivity index (χ3v) is 4.44. The van der Waals surface area contributed by atoms with Crippen LogP contribution in [0.3, 0.4) is 0 Å². The summed E-state index contributed by atoms with van der Waals surface area (Å²) in [6.07, 6.45) is 0. The number of halogens is 1. The molecule has 0 fully saturated rings. The molecule has 0 saturated heterocycles. The fourth-order valence-electron chi connectivity index (χ4n) is 2.23. The second-order valence-electron chi connectivity index (χ2n) is 4.74. The lowest BCUT2D eigenvalue weighted by Gasteiger charge is -2.15. The van der Waals surface area contributed by atoms with Gasteiger partial charge in [0.2, 0.25) is 0 Å². The quantitative estimate of drug-likeness (QED) is 0.742. The third kappa shape index (κ3) is 3.50. The Morgan fingerprint density at radius 3 is 1.90 bits per heavy atom. The van der Waals surface area contributed by atoms with E-state index in [0.717, 1.165) is 33.9 Å². The SMILES string of the molecule is COc1cc(OC)cc(C(Br)c2ccc(OC)c(C)c2)c1. The lowest BCUT2D eigenvalue weighted by molar-refractivity contribution is 0.393. The van der Waals surface area contributed by atoms with E-state index in [1.54, 1.807) is 21.3 Å². The first-order valence-electron chi connectivity index (χ1n) is 6.60. The van der Waals surface area contributed by atoms with Crippen molar-refractivity contribution in [3.63, 3.8) is 0 Å². The summed E-state index contributed by atoms with van der Waals surface area (Å²) in [7, 11) is 4.99. The van der Waals surface area contributed by atoms with Crippen molar-refractivity contribution in [2.45, 2.75) is 11.8 Å². The van der Waals surface area contributed by atoms with Crippen molar-refractivity contribution in [2.75, 3.05) is 21.3 Å². The zero-order valence-corrected chi connectivity index (χ0v) is 14.2. The second kappa shape index (κ2) is 6.85. The Labute approximate surface area is 134 Å². The highest BCUT2D eigenvalue weighted by molar-refractivity contribution is 9.09. The second-order valence-corrected chi connectivity index (χ2v) is 5.65. The summed E-state index contributed by atoms with van der Waals surface area (Å²) in [6.45, 7) is 2.04. The van der Waals surface area contributed by atoms with Crippen molar-refractivity contribution in [2.24, 2.45) is 0 Å². The maximum absolute atomic E-state index is 5.32. The van der Waals surface area contributed by atoms with Gasteiger partial charge in [-0.2, -0.15) is 0 Å². The Morgan fingerprint density at radius 1 is 0.810 bits per heavy atom. The van der Waals surface area contributed by atoms with Gasteiger partial charge in [-0.3, -0.25) is 0 Å². The highest BCUT2D eigenvalue weighted by atomic mass is 79.9. The molecule has 0 aromatic heterocycles. The highest BCUT2D eigenvalue weighted by Gasteiger charge is 2.14. The van der Waals surface area contributed by atoms with Crippen molar-refractivity contribution in [1.29, 1.82) is 0 Å². The molecule has 2 aromatic rings. The van der Waals surface area contributed by atoms with Crippen LogP contribution < -0.4 is 14.2 Å². The molecule has 0 spiro atoms. The predicted molar refractivity (Wildman–Crippen MR) is 88.0 cm³/mol. The average molecular weight is 351 g/mol. The molecule has 2 rings (SSSR count). The maximum Gasteiger partial charge on any atom is 0.122 e. The number of rotatable bonds is 5. The van der Waals surface area contributed by atoms with Gasteiger partial charge in [-0.25, -0.2) is 0 Å². The zero-order chi connectivity index (χ0) is 15.4. The van der Waals surface area contributed by atoms with Crippen LogP contribution in [-0.2, 0) is 0 Å². The molecule has 0 aliphatic heterocycles. The Bertz CT molecular complexity index is 603. The minimum atomic E-state index is 0.0612. The Hall–Kier alpha value is -1.68. The summed E-state index contributed by atoms with van der Waals surface area (Å²) in [5.41, 5.74) is 3.34. The molecule has 1 unspecified atom stereocenters. The molecule has 2 aromatic carbocycles. The topological polar surface area (TPSA) is 27.7 Å². The van der Waals surface area contributed by atoms with Crippen LogP contribution in [0.2, 0.25) is 0 Å². The van der Waals surface area contributed by atoms with Crippen molar-refractivity contribution in [3.8, 4) is 17.2 Å². The van der Waals surface area contributed by atoms with E-state index in [1.165, 1.54) is 0 Å². The van der Waals surface area contributed by atoms with Gasteiger partial charge in [0.1, 0.15) is 17.2 Å². The van der Waals surface area contributed by atoms with Gasteiger partial charge in [-0.1, -0.05) is 28.1 Å². The molecular formula is C17H19BrO3. The standard InChI is InChI=1S/C17H19BrO3/c1-11-7-12(5-6-16(11)21-4)17(18)13-8-14(19-2)10-15(9-13)20-3/h5-10,17H,1-4H3. The minimum Gasteiger partial charge on any atom is -0.497 e. The molecule has 0 heterocycles. The first-order chi connectivity index (χ1) is 10.1. The van der Waals surface area contributed by atoms with Crippen LogP contribution in [0.25, 0.3) is 0 Å². The summed E-state index contributed by atoms with van der Waals surface area (Å²) in [6, 6.07) is 12.0. The van der Waals surface area contributed by atoms with Gasteiger partial charge >= 0.3 is 0 Å². The van der Waals surface area contributed by atoms with Crippen LogP contribution in [0, 0.1) is 6.92 Å². The summed E-state index contributed by atoms with van der Waals surface area (Å²) >= 11 is 3.75. The van der Waals surface area contributed by atoms with Gasteiger partial charge < -0.3 is 14.2 Å². The van der Waals surface area contributed by atoms with Crippen molar-refractivity contribution in [1.82, 2.24) is 0 Å². The molecule has 0 saturated carbocycles. The van der Waals surface area contributed by atoms with Gasteiger partial charge in [-0.05, 0) is 41.8 Å². The molecule has 4 heteroatoms. The van der Waals surface area contributed by atoms with Crippen molar-refractivity contribution in [3.05, 3.63) is 53.1 Å². The van der Waals surface area contributed by atoms with Crippen LogP contribution in [0.15, 0.2) is 36.4 Å². The van der Waals surface area contributed by atoms with Crippen LogP contribution in [0.5, 0.6) is 17.2 Å². The van der Waals surface area contributed by atoms with Gasteiger partial charge in [0, 0.05) is 6.07 Å².